The summed E-state index contributed by atoms with van der Waals surface area (Å²) in [6.45, 7) is 10.7. The van der Waals surface area contributed by atoms with Crippen molar-refractivity contribution in [1.29, 1.82) is 5.41 Å². The highest BCUT2D eigenvalue weighted by atomic mass is 16.6. The molecule has 0 bridgehead atoms. The van der Waals surface area contributed by atoms with E-state index in [0.717, 1.165) is 32.0 Å². The second-order valence-electron chi connectivity index (χ2n) is 13.6. The van der Waals surface area contributed by atoms with Crippen molar-refractivity contribution in [2.24, 2.45) is 28.0 Å². The number of carbonyl (C=O) groups excluding carboxylic acids is 3. The molecule has 1 saturated carbocycles. The van der Waals surface area contributed by atoms with Crippen molar-refractivity contribution >= 4 is 30.0 Å². The van der Waals surface area contributed by atoms with Crippen LogP contribution in [-0.4, -0.2) is 71.1 Å². The lowest BCUT2D eigenvalue weighted by Gasteiger charge is -2.29. The van der Waals surface area contributed by atoms with E-state index >= 15 is 0 Å². The molecule has 0 aromatic carbocycles. The van der Waals surface area contributed by atoms with Crippen LogP contribution in [0.1, 0.15) is 111 Å². The Labute approximate surface area is 266 Å². The number of amides is 1. The second kappa shape index (κ2) is 16.0. The molecule has 0 spiro atoms. The molecule has 252 valence electrons. The molecular formula is C33H53N5O7. The Kier molecular flexibility index (Phi) is 12.9. The molecule has 2 heterocycles. The first-order chi connectivity index (χ1) is 21.2. The maximum absolute atomic E-state index is 13.1. The first kappa shape index (κ1) is 36.4. The van der Waals surface area contributed by atoms with E-state index in [0.29, 0.717) is 30.7 Å². The van der Waals surface area contributed by atoms with E-state index in [9.17, 15) is 19.5 Å². The van der Waals surface area contributed by atoms with Gasteiger partial charge in [-0.15, -0.1) is 0 Å². The molecule has 0 radical (unpaired) electrons. The summed E-state index contributed by atoms with van der Waals surface area (Å²) in [5.41, 5.74) is 4.96. The van der Waals surface area contributed by atoms with Crippen LogP contribution in [0.5, 0.6) is 0 Å². The van der Waals surface area contributed by atoms with Crippen LogP contribution >= 0.6 is 0 Å². The van der Waals surface area contributed by atoms with Gasteiger partial charge in [0.15, 0.2) is 11.9 Å². The number of amidine groups is 1. The van der Waals surface area contributed by atoms with Gasteiger partial charge in [0.05, 0.1) is 11.4 Å². The molecule has 12 nitrogen and oxygen atoms in total. The Hall–Kier alpha value is -3.09. The molecule has 45 heavy (non-hydrogen) atoms. The first-order valence-electron chi connectivity index (χ1n) is 16.3. The number of rotatable bonds is 12. The van der Waals surface area contributed by atoms with Crippen molar-refractivity contribution in [1.82, 2.24) is 10.3 Å². The number of nitrogens with zero attached hydrogens (tertiary/aromatic N) is 1. The summed E-state index contributed by atoms with van der Waals surface area (Å²) in [6.07, 6.45) is 5.48. The van der Waals surface area contributed by atoms with Gasteiger partial charge in [0.25, 0.3) is 0 Å². The van der Waals surface area contributed by atoms with Crippen LogP contribution in [0.25, 0.3) is 0 Å². The van der Waals surface area contributed by atoms with Crippen LogP contribution in [-0.2, 0) is 34.2 Å². The number of nitrogens with one attached hydrogen (secondary N) is 3. The third-order valence-electron chi connectivity index (χ3n) is 9.18. The summed E-state index contributed by atoms with van der Waals surface area (Å²) < 4.78 is 17.8. The van der Waals surface area contributed by atoms with Gasteiger partial charge in [-0.25, -0.2) is 4.99 Å². The Bertz CT molecular complexity index is 1200. The van der Waals surface area contributed by atoms with E-state index in [2.05, 4.69) is 15.3 Å². The second-order valence-corrected chi connectivity index (χ2v) is 13.6. The number of hydrogen-bond donors (Lipinski definition) is 5. The zero-order valence-electron chi connectivity index (χ0n) is 27.7. The molecule has 3 rings (SSSR count). The van der Waals surface area contributed by atoms with Gasteiger partial charge < -0.3 is 35.4 Å². The number of aliphatic imine (C=N–C) groups is 1. The summed E-state index contributed by atoms with van der Waals surface area (Å²) in [4.78, 5) is 45.9. The zero-order chi connectivity index (χ0) is 33.4. The maximum Gasteiger partial charge on any atom is 0.323 e. The summed E-state index contributed by atoms with van der Waals surface area (Å²) in [5.74, 6) is -1.06. The highest BCUT2D eigenvalue weighted by Gasteiger charge is 2.56. The molecule has 1 amide bonds. The lowest BCUT2D eigenvalue weighted by molar-refractivity contribution is -0.163. The predicted molar refractivity (Wildman–Crippen MR) is 171 cm³/mol. The number of esters is 2. The fraction of sp³-hybridized carbons (Fsp3) is 0.727. The monoisotopic (exact) mass is 631 g/mol. The van der Waals surface area contributed by atoms with Gasteiger partial charge in [0.1, 0.15) is 36.8 Å². The largest absolute Gasteiger partial charge is 0.463 e. The van der Waals surface area contributed by atoms with Gasteiger partial charge in [0.2, 0.25) is 5.91 Å². The van der Waals surface area contributed by atoms with Crippen LogP contribution in [0, 0.1) is 22.7 Å². The van der Waals surface area contributed by atoms with Gasteiger partial charge in [-0.1, -0.05) is 60.3 Å². The quantitative estimate of drug-likeness (QED) is 0.0987. The SMILES string of the molecule is CCC(CC)C(=O)N/C(=N/C=N)c1ccc([C@]2(C)O[C@H](COC(=O)CC3CCCCCC3)[C@@H](OC(=O)[C@@H](N)C(C)(C)C)[C@H]2O)[nH]1. The van der Waals surface area contributed by atoms with Gasteiger partial charge in [0, 0.05) is 12.3 Å². The standard InChI is InChI=1S/C33H53N5O7/c1-7-21(8-2)30(41)38-29(36-19-34)22-15-16-24(37-22)33(6)28(40)26(44-31(42)27(35)32(3,4)5)23(45-33)18-43-25(39)17-20-13-11-9-10-12-14-20/h15-16,19-21,23,26-28,37,40H,7-14,17-18,35H2,1-6H3,(H2,34,36,38,41)/t23-,26-,27-,28-,33+/m1/s1. The molecule has 1 saturated heterocycles. The topological polar surface area (TPSA) is 189 Å². The molecule has 12 heteroatoms. The maximum atomic E-state index is 13.1. The average Bonchev–Trinajstić information content (AvgIpc) is 3.47. The van der Waals surface area contributed by atoms with E-state index in [4.69, 9.17) is 25.4 Å². The van der Waals surface area contributed by atoms with Crippen LogP contribution in [0.3, 0.4) is 0 Å². The normalized spacial score (nSPS) is 25.4. The smallest absolute Gasteiger partial charge is 0.323 e. The molecule has 1 aromatic heterocycles. The minimum atomic E-state index is -1.43. The number of nitrogens with two attached hydrogens (primary N) is 1. The molecule has 1 aliphatic carbocycles. The van der Waals surface area contributed by atoms with Crippen LogP contribution < -0.4 is 11.1 Å². The fourth-order valence-electron chi connectivity index (χ4n) is 5.99. The van der Waals surface area contributed by atoms with Crippen LogP contribution in [0.15, 0.2) is 17.1 Å². The van der Waals surface area contributed by atoms with Gasteiger partial charge >= 0.3 is 11.9 Å². The lowest BCUT2D eigenvalue weighted by atomic mass is 9.87. The molecule has 6 N–H and O–H groups in total. The van der Waals surface area contributed by atoms with E-state index < -0.39 is 41.3 Å². The van der Waals surface area contributed by atoms with Crippen molar-refractivity contribution in [3.8, 4) is 0 Å². The molecule has 1 aliphatic heterocycles. The zero-order valence-corrected chi connectivity index (χ0v) is 27.7. The predicted octanol–water partition coefficient (Wildman–Crippen LogP) is 4.08. The number of H-pyrrole nitrogens is 1. The summed E-state index contributed by atoms with van der Waals surface area (Å²) in [5, 5.41) is 21.9. The number of aromatic amines is 1. The van der Waals surface area contributed by atoms with Gasteiger partial charge in [-0.3, -0.25) is 19.8 Å². The van der Waals surface area contributed by atoms with Crippen LogP contribution in [0.4, 0.5) is 0 Å². The highest BCUT2D eigenvalue weighted by Crippen LogP contribution is 2.41. The number of aliphatic hydroxyl groups is 1. The lowest BCUT2D eigenvalue weighted by Crippen LogP contribution is -2.48. The van der Waals surface area contributed by atoms with Crippen LogP contribution in [0.2, 0.25) is 0 Å². The van der Waals surface area contributed by atoms with Gasteiger partial charge in [-0.05, 0) is 56.1 Å². The van der Waals surface area contributed by atoms with E-state index in [1.807, 2.05) is 34.6 Å². The summed E-state index contributed by atoms with van der Waals surface area (Å²) in [7, 11) is 0. The number of carbonyl (C=O) groups is 3. The van der Waals surface area contributed by atoms with Crippen molar-refractivity contribution in [2.75, 3.05) is 6.61 Å². The Morgan fingerprint density at radius 3 is 2.42 bits per heavy atom. The van der Waals surface area contributed by atoms with Crippen molar-refractivity contribution in [3.05, 3.63) is 23.5 Å². The summed E-state index contributed by atoms with van der Waals surface area (Å²) in [6, 6.07) is 2.36. The molecular weight excluding hydrogens is 578 g/mol. The van der Waals surface area contributed by atoms with Crippen molar-refractivity contribution in [3.63, 3.8) is 0 Å². The Morgan fingerprint density at radius 1 is 1.20 bits per heavy atom. The first-order valence-corrected chi connectivity index (χ1v) is 16.3. The van der Waals surface area contributed by atoms with Crippen molar-refractivity contribution in [2.45, 2.75) is 129 Å². The van der Waals surface area contributed by atoms with E-state index in [-0.39, 0.29) is 36.2 Å². The van der Waals surface area contributed by atoms with E-state index in [1.54, 1.807) is 19.1 Å². The molecule has 2 fully saturated rings. The minimum absolute atomic E-state index is 0.146. The fourth-order valence-corrected chi connectivity index (χ4v) is 5.99. The molecule has 5 atom stereocenters. The molecule has 1 aromatic rings. The third kappa shape index (κ3) is 9.23. The number of aromatic nitrogens is 1. The highest BCUT2D eigenvalue weighted by molar-refractivity contribution is 6.09. The van der Waals surface area contributed by atoms with Crippen molar-refractivity contribution < 1.29 is 33.7 Å². The Morgan fingerprint density at radius 2 is 1.84 bits per heavy atom. The number of aliphatic hydroxyl groups excluding tert-OH is 1. The number of ether oxygens (including phenoxy) is 3. The third-order valence-corrected chi connectivity index (χ3v) is 9.18. The Balaban J connectivity index is 1.84. The summed E-state index contributed by atoms with van der Waals surface area (Å²) >= 11 is 0. The molecule has 0 unspecified atom stereocenters. The van der Waals surface area contributed by atoms with Gasteiger partial charge in [-0.2, -0.15) is 0 Å². The molecule has 2 aliphatic rings. The minimum Gasteiger partial charge on any atom is -0.463 e. The average molecular weight is 632 g/mol. The van der Waals surface area contributed by atoms with E-state index in [1.165, 1.54) is 12.8 Å². The number of hydrogen-bond acceptors (Lipinski definition) is 9.